The molecular weight excluding hydrogens is 256 g/mol. The summed E-state index contributed by atoms with van der Waals surface area (Å²) in [5.41, 5.74) is 1.11. The highest BCUT2D eigenvalue weighted by atomic mass is 16.2. The maximum atomic E-state index is 12.2. The molecule has 0 unspecified atom stereocenters. The standard InChI is InChI=1S/C13H18N6O/c1-9(2)19-8-16-17-12(19)7-18(4)13(20)11-6-14-10(3)5-15-11/h5-6,8-9H,7H2,1-4H3. The zero-order valence-corrected chi connectivity index (χ0v) is 12.1. The van der Waals surface area contributed by atoms with Gasteiger partial charge in [-0.15, -0.1) is 10.2 Å². The van der Waals surface area contributed by atoms with Crippen molar-refractivity contribution >= 4 is 5.91 Å². The Morgan fingerprint density at radius 3 is 2.70 bits per heavy atom. The minimum absolute atomic E-state index is 0.184. The topological polar surface area (TPSA) is 76.8 Å². The van der Waals surface area contributed by atoms with E-state index in [1.807, 2.05) is 25.3 Å². The molecule has 2 aromatic heterocycles. The summed E-state index contributed by atoms with van der Waals surface area (Å²) < 4.78 is 1.94. The van der Waals surface area contributed by atoms with Gasteiger partial charge in [0.2, 0.25) is 0 Å². The number of rotatable bonds is 4. The molecule has 2 aromatic rings. The summed E-state index contributed by atoms with van der Waals surface area (Å²) in [5, 5.41) is 7.94. The van der Waals surface area contributed by atoms with Gasteiger partial charge >= 0.3 is 0 Å². The van der Waals surface area contributed by atoms with E-state index in [4.69, 9.17) is 0 Å². The third-order valence-corrected chi connectivity index (χ3v) is 2.93. The van der Waals surface area contributed by atoms with Gasteiger partial charge in [0.05, 0.1) is 18.4 Å². The highest BCUT2D eigenvalue weighted by molar-refractivity contribution is 5.91. The zero-order chi connectivity index (χ0) is 14.7. The van der Waals surface area contributed by atoms with Crippen molar-refractivity contribution in [2.24, 2.45) is 0 Å². The number of amides is 1. The Bertz CT molecular complexity index is 589. The molecule has 0 saturated carbocycles. The van der Waals surface area contributed by atoms with E-state index in [2.05, 4.69) is 20.2 Å². The normalized spacial score (nSPS) is 10.8. The highest BCUT2D eigenvalue weighted by Gasteiger charge is 2.17. The molecule has 0 radical (unpaired) electrons. The predicted octanol–water partition coefficient (Wildman–Crippen LogP) is 1.23. The lowest BCUT2D eigenvalue weighted by molar-refractivity contribution is 0.0773. The van der Waals surface area contributed by atoms with Crippen molar-refractivity contribution in [3.63, 3.8) is 0 Å². The Labute approximate surface area is 117 Å². The molecular formula is C13H18N6O. The van der Waals surface area contributed by atoms with Crippen molar-refractivity contribution in [3.8, 4) is 0 Å². The van der Waals surface area contributed by atoms with Gasteiger partial charge in [-0.3, -0.25) is 9.78 Å². The molecule has 0 aliphatic rings. The van der Waals surface area contributed by atoms with Crippen LogP contribution < -0.4 is 0 Å². The molecule has 106 valence electrons. The van der Waals surface area contributed by atoms with Crippen LogP contribution in [-0.2, 0) is 6.54 Å². The lowest BCUT2D eigenvalue weighted by Gasteiger charge is -2.17. The number of hydrogen-bond acceptors (Lipinski definition) is 5. The molecule has 7 heteroatoms. The van der Waals surface area contributed by atoms with Crippen LogP contribution in [0.5, 0.6) is 0 Å². The maximum Gasteiger partial charge on any atom is 0.274 e. The predicted molar refractivity (Wildman–Crippen MR) is 73.0 cm³/mol. The van der Waals surface area contributed by atoms with E-state index in [1.165, 1.54) is 6.20 Å². The van der Waals surface area contributed by atoms with Crippen LogP contribution in [0.4, 0.5) is 0 Å². The third-order valence-electron chi connectivity index (χ3n) is 2.93. The minimum atomic E-state index is -0.184. The number of nitrogens with zero attached hydrogens (tertiary/aromatic N) is 6. The maximum absolute atomic E-state index is 12.2. The first-order chi connectivity index (χ1) is 9.49. The quantitative estimate of drug-likeness (QED) is 0.838. The van der Waals surface area contributed by atoms with Crippen molar-refractivity contribution in [2.75, 3.05) is 7.05 Å². The van der Waals surface area contributed by atoms with Gasteiger partial charge in [0.1, 0.15) is 12.0 Å². The fraction of sp³-hybridized carbons (Fsp3) is 0.462. The number of carbonyl (C=O) groups is 1. The average molecular weight is 274 g/mol. The van der Waals surface area contributed by atoms with Crippen LogP contribution in [-0.4, -0.2) is 42.6 Å². The zero-order valence-electron chi connectivity index (χ0n) is 12.1. The Morgan fingerprint density at radius 1 is 1.35 bits per heavy atom. The molecule has 0 spiro atoms. The van der Waals surface area contributed by atoms with Crippen LogP contribution in [0.3, 0.4) is 0 Å². The van der Waals surface area contributed by atoms with Crippen molar-refractivity contribution in [2.45, 2.75) is 33.4 Å². The number of aryl methyl sites for hydroxylation is 1. The highest BCUT2D eigenvalue weighted by Crippen LogP contribution is 2.09. The van der Waals surface area contributed by atoms with E-state index >= 15 is 0 Å². The average Bonchev–Trinajstić information content (AvgIpc) is 2.87. The van der Waals surface area contributed by atoms with E-state index in [0.717, 1.165) is 11.5 Å². The van der Waals surface area contributed by atoms with Crippen LogP contribution in [0, 0.1) is 6.92 Å². The Balaban J connectivity index is 2.11. The Kier molecular flexibility index (Phi) is 4.07. The summed E-state index contributed by atoms with van der Waals surface area (Å²) in [6.07, 6.45) is 4.74. The van der Waals surface area contributed by atoms with Gasteiger partial charge in [0, 0.05) is 19.3 Å². The first-order valence-electron chi connectivity index (χ1n) is 6.41. The summed E-state index contributed by atoms with van der Waals surface area (Å²) in [6, 6.07) is 0.252. The Morgan fingerprint density at radius 2 is 2.10 bits per heavy atom. The first kappa shape index (κ1) is 14.1. The molecule has 0 aromatic carbocycles. The van der Waals surface area contributed by atoms with Gasteiger partial charge in [-0.2, -0.15) is 0 Å². The van der Waals surface area contributed by atoms with E-state index < -0.39 is 0 Å². The number of hydrogen-bond donors (Lipinski definition) is 0. The van der Waals surface area contributed by atoms with Crippen LogP contribution in [0.1, 0.15) is 41.9 Å². The van der Waals surface area contributed by atoms with E-state index in [1.54, 1.807) is 24.5 Å². The van der Waals surface area contributed by atoms with E-state index in [-0.39, 0.29) is 11.9 Å². The molecule has 0 aliphatic carbocycles. The van der Waals surface area contributed by atoms with Gasteiger partial charge in [-0.05, 0) is 20.8 Å². The SMILES string of the molecule is Cc1cnc(C(=O)N(C)Cc2nncn2C(C)C)cn1. The minimum Gasteiger partial charge on any atom is -0.333 e. The third kappa shape index (κ3) is 2.98. The molecule has 0 atom stereocenters. The molecule has 2 rings (SSSR count). The van der Waals surface area contributed by atoms with Crippen molar-refractivity contribution < 1.29 is 4.79 Å². The van der Waals surface area contributed by atoms with E-state index in [9.17, 15) is 4.79 Å². The van der Waals surface area contributed by atoms with Crippen LogP contribution in [0.2, 0.25) is 0 Å². The van der Waals surface area contributed by atoms with E-state index in [0.29, 0.717) is 12.2 Å². The summed E-state index contributed by atoms with van der Waals surface area (Å²) in [7, 11) is 1.71. The summed E-state index contributed by atoms with van der Waals surface area (Å²) in [4.78, 5) is 22.0. The van der Waals surface area contributed by atoms with Crippen molar-refractivity contribution in [1.82, 2.24) is 29.6 Å². The summed E-state index contributed by atoms with van der Waals surface area (Å²) >= 11 is 0. The van der Waals surface area contributed by atoms with Crippen LogP contribution in [0.25, 0.3) is 0 Å². The monoisotopic (exact) mass is 274 g/mol. The number of carbonyl (C=O) groups excluding carboxylic acids is 1. The van der Waals surface area contributed by atoms with Crippen LogP contribution in [0.15, 0.2) is 18.7 Å². The second-order valence-electron chi connectivity index (χ2n) is 4.95. The number of aromatic nitrogens is 5. The summed E-state index contributed by atoms with van der Waals surface area (Å²) in [5.74, 6) is 0.562. The van der Waals surface area contributed by atoms with Gasteiger partial charge in [-0.1, -0.05) is 0 Å². The van der Waals surface area contributed by atoms with Crippen LogP contribution >= 0.6 is 0 Å². The molecule has 1 amide bonds. The first-order valence-corrected chi connectivity index (χ1v) is 6.41. The van der Waals surface area contributed by atoms with Gasteiger partial charge in [0.25, 0.3) is 5.91 Å². The van der Waals surface area contributed by atoms with Gasteiger partial charge in [0.15, 0.2) is 5.82 Å². The Hall–Kier alpha value is -2.31. The smallest absolute Gasteiger partial charge is 0.274 e. The van der Waals surface area contributed by atoms with Gasteiger partial charge < -0.3 is 9.47 Å². The fourth-order valence-electron chi connectivity index (χ4n) is 1.79. The molecule has 0 bridgehead atoms. The second-order valence-corrected chi connectivity index (χ2v) is 4.95. The lowest BCUT2D eigenvalue weighted by atomic mass is 10.3. The van der Waals surface area contributed by atoms with Gasteiger partial charge in [-0.25, -0.2) is 4.98 Å². The second kappa shape index (κ2) is 5.77. The molecule has 20 heavy (non-hydrogen) atoms. The molecule has 0 aliphatic heterocycles. The molecule has 0 N–H and O–H groups in total. The van der Waals surface area contributed by atoms with Crippen molar-refractivity contribution in [1.29, 1.82) is 0 Å². The molecule has 2 heterocycles. The lowest BCUT2D eigenvalue weighted by Crippen LogP contribution is -2.28. The molecule has 7 nitrogen and oxygen atoms in total. The largest absolute Gasteiger partial charge is 0.333 e. The molecule has 0 saturated heterocycles. The van der Waals surface area contributed by atoms with Crippen molar-refractivity contribution in [3.05, 3.63) is 35.9 Å². The fourth-order valence-corrected chi connectivity index (χ4v) is 1.79. The molecule has 0 fully saturated rings. The summed E-state index contributed by atoms with van der Waals surface area (Å²) in [6.45, 7) is 6.29.